The Labute approximate surface area is 85.3 Å². The van der Waals surface area contributed by atoms with E-state index < -0.39 is 11.7 Å². The van der Waals surface area contributed by atoms with Crippen molar-refractivity contribution in [2.45, 2.75) is 6.92 Å². The number of aliphatic carboxylic acids is 1. The van der Waals surface area contributed by atoms with Gasteiger partial charge in [0.25, 0.3) is 0 Å². The Bertz CT molecular complexity index is 295. The Morgan fingerprint density at radius 1 is 1.54 bits per heavy atom. The number of carboxylic acids is 1. The van der Waals surface area contributed by atoms with Crippen molar-refractivity contribution in [1.29, 1.82) is 0 Å². The molecule has 72 valence electrons. The van der Waals surface area contributed by atoms with Gasteiger partial charge in [0.2, 0.25) is 0 Å². The van der Waals surface area contributed by atoms with Crippen LogP contribution in [0.25, 0.3) is 0 Å². The number of allylic oxidation sites excluding steroid dienone is 2. The third-order valence-corrected chi connectivity index (χ3v) is 1.47. The second kappa shape index (κ2) is 5.61. The van der Waals surface area contributed by atoms with Crippen LogP contribution in [0.2, 0.25) is 0 Å². The molecule has 0 heterocycles. The topological polar surface area (TPSA) is 75.7 Å². The van der Waals surface area contributed by atoms with Crippen molar-refractivity contribution in [3.8, 4) is 0 Å². The van der Waals surface area contributed by atoms with E-state index in [4.69, 9.17) is 34.0 Å². The zero-order chi connectivity index (χ0) is 10.4. The van der Waals surface area contributed by atoms with Gasteiger partial charge in [-0.2, -0.15) is 0 Å². The average Bonchev–Trinajstić information content (AvgIpc) is 2.03. The summed E-state index contributed by atoms with van der Waals surface area (Å²) in [5, 5.41) is 8.45. The van der Waals surface area contributed by atoms with Gasteiger partial charge in [0.1, 0.15) is 16.0 Å². The molecule has 0 rings (SSSR count). The molecule has 0 saturated carbocycles. The highest BCUT2D eigenvalue weighted by Crippen LogP contribution is 2.05. The molecule has 0 unspecified atom stereocenters. The Balaban J connectivity index is 4.64. The lowest BCUT2D eigenvalue weighted by molar-refractivity contribution is -0.132. The zero-order valence-electron chi connectivity index (χ0n) is 6.79. The predicted molar refractivity (Wildman–Crippen MR) is 52.8 cm³/mol. The normalized spacial score (nSPS) is 14.5. The quantitative estimate of drug-likeness (QED) is 0.434. The van der Waals surface area contributed by atoms with Crippen molar-refractivity contribution in [2.24, 2.45) is 10.7 Å². The summed E-state index contributed by atoms with van der Waals surface area (Å²) >= 11 is 11.0. The maximum atomic E-state index is 10.2. The Kier molecular flexibility index (Phi) is 5.18. The van der Waals surface area contributed by atoms with Crippen LogP contribution in [0, 0.1) is 0 Å². The predicted octanol–water partition coefficient (Wildman–Crippen LogP) is 1.65. The summed E-state index contributed by atoms with van der Waals surface area (Å²) in [6, 6.07) is 0. The molecule has 0 aromatic heterocycles. The molecule has 3 N–H and O–H groups in total. The van der Waals surface area contributed by atoms with E-state index in [0.717, 1.165) is 6.08 Å². The number of aliphatic imine (C=N–C) groups is 1. The monoisotopic (exact) mass is 222 g/mol. The van der Waals surface area contributed by atoms with Gasteiger partial charge in [-0.25, -0.2) is 9.79 Å². The summed E-state index contributed by atoms with van der Waals surface area (Å²) in [6.07, 6.45) is 2.52. The minimum Gasteiger partial charge on any atom is -0.477 e. The largest absolute Gasteiger partial charge is 0.477 e. The fraction of sp³-hybridized carbons (Fsp3) is 0.143. The third kappa shape index (κ3) is 5.27. The molecule has 4 nitrogen and oxygen atoms in total. The number of hydrogen-bond donors (Lipinski definition) is 2. The molecule has 0 aromatic carbocycles. The molecule has 0 saturated heterocycles. The maximum Gasteiger partial charge on any atom is 0.351 e. The van der Waals surface area contributed by atoms with Gasteiger partial charge in [0, 0.05) is 6.08 Å². The summed E-state index contributed by atoms with van der Waals surface area (Å²) < 4.78 is 0. The molecule has 0 spiro atoms. The standard InChI is InChI=1S/C7H8Cl2N2O2/c1-2-5(8)11-6(9)3-4(10)7(12)13/h2-3H,10H2,1H3,(H,12,13)/b4-3-,5-2-,11-6+. The van der Waals surface area contributed by atoms with Crippen molar-refractivity contribution in [1.82, 2.24) is 0 Å². The molecule has 6 heteroatoms. The van der Waals surface area contributed by atoms with Gasteiger partial charge in [0.15, 0.2) is 0 Å². The molecular formula is C7H8Cl2N2O2. The number of hydrogen-bond acceptors (Lipinski definition) is 3. The summed E-state index contributed by atoms with van der Waals surface area (Å²) in [6.45, 7) is 1.67. The Morgan fingerprint density at radius 3 is 2.46 bits per heavy atom. The molecule has 0 radical (unpaired) electrons. The smallest absolute Gasteiger partial charge is 0.351 e. The number of carboxylic acid groups (broad SMARTS) is 1. The van der Waals surface area contributed by atoms with Crippen molar-refractivity contribution < 1.29 is 9.90 Å². The lowest BCUT2D eigenvalue weighted by atomic mass is 10.4. The number of carbonyl (C=O) groups is 1. The van der Waals surface area contributed by atoms with Crippen LogP contribution < -0.4 is 5.73 Å². The number of nitrogens with two attached hydrogens (primary N) is 1. The highest BCUT2D eigenvalue weighted by atomic mass is 35.5. The first-order valence-electron chi connectivity index (χ1n) is 3.23. The van der Waals surface area contributed by atoms with Crippen LogP contribution in [0.1, 0.15) is 6.92 Å². The average molecular weight is 223 g/mol. The van der Waals surface area contributed by atoms with Crippen LogP contribution in [-0.2, 0) is 4.79 Å². The van der Waals surface area contributed by atoms with E-state index in [9.17, 15) is 4.79 Å². The second-order valence-electron chi connectivity index (χ2n) is 1.95. The molecule has 0 aliphatic carbocycles. The number of nitrogens with zero attached hydrogens (tertiary/aromatic N) is 1. The van der Waals surface area contributed by atoms with Crippen LogP contribution in [-0.4, -0.2) is 16.2 Å². The van der Waals surface area contributed by atoms with Crippen LogP contribution in [0.4, 0.5) is 0 Å². The van der Waals surface area contributed by atoms with Crippen molar-refractivity contribution >= 4 is 34.3 Å². The van der Waals surface area contributed by atoms with Gasteiger partial charge >= 0.3 is 5.97 Å². The van der Waals surface area contributed by atoms with Gasteiger partial charge in [-0.05, 0) is 6.92 Å². The highest BCUT2D eigenvalue weighted by molar-refractivity contribution is 6.69. The Morgan fingerprint density at radius 2 is 2.08 bits per heavy atom. The SMILES string of the molecule is C\C=C(Cl)/N=C(Cl)\C=C(/N)C(=O)O. The summed E-state index contributed by atoms with van der Waals surface area (Å²) in [5.74, 6) is -1.26. The van der Waals surface area contributed by atoms with E-state index in [-0.39, 0.29) is 10.3 Å². The lowest BCUT2D eigenvalue weighted by Gasteiger charge is -1.92. The van der Waals surface area contributed by atoms with Crippen LogP contribution >= 0.6 is 23.2 Å². The van der Waals surface area contributed by atoms with Crippen LogP contribution in [0.15, 0.2) is 28.0 Å². The van der Waals surface area contributed by atoms with E-state index in [2.05, 4.69) is 4.99 Å². The molecule has 0 aliphatic heterocycles. The Hall–Kier alpha value is -1.00. The van der Waals surface area contributed by atoms with Gasteiger partial charge < -0.3 is 10.8 Å². The molecule has 0 aliphatic rings. The molecular weight excluding hydrogens is 215 g/mol. The fourth-order valence-corrected chi connectivity index (χ4v) is 0.732. The van der Waals surface area contributed by atoms with E-state index >= 15 is 0 Å². The first-order chi connectivity index (χ1) is 5.97. The second-order valence-corrected chi connectivity index (χ2v) is 2.73. The molecule has 0 amide bonds. The number of halogens is 2. The summed E-state index contributed by atoms with van der Waals surface area (Å²) in [7, 11) is 0. The van der Waals surface area contributed by atoms with E-state index in [1.807, 2.05) is 0 Å². The first-order valence-corrected chi connectivity index (χ1v) is 3.99. The molecule has 0 fully saturated rings. The van der Waals surface area contributed by atoms with Crippen molar-refractivity contribution in [3.63, 3.8) is 0 Å². The summed E-state index contributed by atoms with van der Waals surface area (Å²) in [5.41, 5.74) is 4.67. The highest BCUT2D eigenvalue weighted by Gasteiger charge is 2.01. The van der Waals surface area contributed by atoms with E-state index in [1.54, 1.807) is 6.92 Å². The van der Waals surface area contributed by atoms with Crippen LogP contribution in [0.3, 0.4) is 0 Å². The van der Waals surface area contributed by atoms with Gasteiger partial charge in [-0.3, -0.25) is 0 Å². The molecule has 0 bridgehead atoms. The fourth-order valence-electron chi connectivity index (χ4n) is 0.389. The van der Waals surface area contributed by atoms with Gasteiger partial charge in [0.05, 0.1) is 0 Å². The zero-order valence-corrected chi connectivity index (χ0v) is 8.30. The van der Waals surface area contributed by atoms with Gasteiger partial charge in [-0.15, -0.1) is 0 Å². The minimum absolute atomic E-state index is 0.0806. The van der Waals surface area contributed by atoms with Crippen molar-refractivity contribution in [2.75, 3.05) is 0 Å². The van der Waals surface area contributed by atoms with E-state index in [1.165, 1.54) is 6.08 Å². The molecule has 13 heavy (non-hydrogen) atoms. The first kappa shape index (κ1) is 12.0. The van der Waals surface area contributed by atoms with E-state index in [0.29, 0.717) is 0 Å². The van der Waals surface area contributed by atoms with Crippen LogP contribution in [0.5, 0.6) is 0 Å². The maximum absolute atomic E-state index is 10.2. The van der Waals surface area contributed by atoms with Gasteiger partial charge in [-0.1, -0.05) is 29.3 Å². The molecule has 0 aromatic rings. The minimum atomic E-state index is -1.26. The molecule has 0 atom stereocenters. The number of rotatable bonds is 3. The van der Waals surface area contributed by atoms with Crippen molar-refractivity contribution in [3.05, 3.63) is 23.0 Å². The summed E-state index contributed by atoms with van der Waals surface area (Å²) in [4.78, 5) is 13.8. The third-order valence-electron chi connectivity index (χ3n) is 0.973. The lowest BCUT2D eigenvalue weighted by Crippen LogP contribution is -2.10.